The lowest BCUT2D eigenvalue weighted by atomic mass is 10.1. The van der Waals surface area contributed by atoms with Crippen molar-refractivity contribution in [2.75, 3.05) is 0 Å². The summed E-state index contributed by atoms with van der Waals surface area (Å²) in [6.07, 6.45) is 0. The lowest BCUT2D eigenvalue weighted by Gasteiger charge is -2.03. The summed E-state index contributed by atoms with van der Waals surface area (Å²) in [4.78, 5) is 4.83. The minimum atomic E-state index is -0.112. The Bertz CT molecular complexity index is 527. The molecule has 0 spiro atoms. The molecule has 2 rings (SSSR count). The molecular weight excluding hydrogens is 289 g/mol. The summed E-state index contributed by atoms with van der Waals surface area (Å²) < 4.78 is 0.380. The molecule has 0 saturated carbocycles. The minimum absolute atomic E-state index is 0.112. The Morgan fingerprint density at radius 3 is 2.62 bits per heavy atom. The van der Waals surface area contributed by atoms with Crippen molar-refractivity contribution in [3.63, 3.8) is 0 Å². The van der Waals surface area contributed by atoms with Gasteiger partial charge in [0, 0.05) is 10.6 Å². The Hall–Kier alpha value is -0.320. The van der Waals surface area contributed by atoms with Gasteiger partial charge in [-0.15, -0.1) is 11.3 Å². The quantitative estimate of drug-likeness (QED) is 0.897. The fraction of sp³-hybridized carbons (Fsp3) is 0.100. The topological polar surface area (TPSA) is 33.1 Å². The van der Waals surface area contributed by atoms with Crippen LogP contribution >= 0.6 is 46.1 Å². The van der Waals surface area contributed by atoms with Crippen LogP contribution in [0.3, 0.4) is 0 Å². The number of rotatable bonds is 2. The van der Waals surface area contributed by atoms with Crippen LogP contribution in [0.4, 0.5) is 0 Å². The molecule has 2 nitrogen and oxygen atoms in total. The predicted octanol–water partition coefficient (Wildman–Crippen LogP) is 4.26. The fourth-order valence-corrected chi connectivity index (χ4v) is 2.84. The monoisotopic (exact) mass is 293 g/mol. The number of benzene rings is 1. The summed E-state index contributed by atoms with van der Waals surface area (Å²) in [6, 6.07) is 5.11. The van der Waals surface area contributed by atoms with Crippen LogP contribution in [0.15, 0.2) is 18.2 Å². The number of thiazole rings is 1. The molecule has 16 heavy (non-hydrogen) atoms. The van der Waals surface area contributed by atoms with Crippen molar-refractivity contribution in [3.05, 3.63) is 37.6 Å². The number of aliphatic hydroxyl groups excluding tert-OH is 1. The van der Waals surface area contributed by atoms with Gasteiger partial charge in [0.15, 0.2) is 4.47 Å². The molecule has 0 aliphatic carbocycles. The van der Waals surface area contributed by atoms with E-state index < -0.39 is 0 Å². The summed E-state index contributed by atoms with van der Waals surface area (Å²) in [5.41, 5.74) is 1.33. The van der Waals surface area contributed by atoms with E-state index in [-0.39, 0.29) is 6.61 Å². The lowest BCUT2D eigenvalue weighted by Crippen LogP contribution is -1.86. The average Bonchev–Trinajstić information content (AvgIpc) is 2.59. The second-order valence-electron chi connectivity index (χ2n) is 3.02. The van der Waals surface area contributed by atoms with Gasteiger partial charge in [-0.3, -0.25) is 0 Å². The summed E-state index contributed by atoms with van der Waals surface area (Å²) in [6.45, 7) is -0.112. The highest BCUT2D eigenvalue weighted by Crippen LogP contribution is 2.35. The highest BCUT2D eigenvalue weighted by Gasteiger charge is 2.14. The van der Waals surface area contributed by atoms with Gasteiger partial charge in [-0.1, -0.05) is 34.8 Å². The molecule has 0 fully saturated rings. The Balaban J connectivity index is 2.57. The predicted molar refractivity (Wildman–Crippen MR) is 68.5 cm³/mol. The van der Waals surface area contributed by atoms with E-state index >= 15 is 0 Å². The average molecular weight is 295 g/mol. The van der Waals surface area contributed by atoms with Crippen molar-refractivity contribution < 1.29 is 5.11 Å². The van der Waals surface area contributed by atoms with Gasteiger partial charge < -0.3 is 5.11 Å². The molecule has 1 aromatic heterocycles. The molecule has 2 aromatic rings. The summed E-state index contributed by atoms with van der Waals surface area (Å²) in [7, 11) is 0. The van der Waals surface area contributed by atoms with E-state index in [0.29, 0.717) is 25.1 Å². The number of hydrogen-bond acceptors (Lipinski definition) is 3. The van der Waals surface area contributed by atoms with E-state index in [2.05, 4.69) is 4.98 Å². The fourth-order valence-electron chi connectivity index (χ4n) is 1.32. The van der Waals surface area contributed by atoms with Crippen molar-refractivity contribution in [1.29, 1.82) is 0 Å². The first kappa shape index (κ1) is 12.1. The van der Waals surface area contributed by atoms with E-state index in [4.69, 9.17) is 34.8 Å². The third kappa shape index (κ3) is 2.34. The normalized spacial score (nSPS) is 10.8. The minimum Gasteiger partial charge on any atom is -0.391 e. The van der Waals surface area contributed by atoms with Crippen molar-refractivity contribution in [2.45, 2.75) is 6.61 Å². The van der Waals surface area contributed by atoms with Crippen LogP contribution in [0, 0.1) is 0 Å². The van der Waals surface area contributed by atoms with Gasteiger partial charge in [0.2, 0.25) is 0 Å². The number of aromatic nitrogens is 1. The van der Waals surface area contributed by atoms with Gasteiger partial charge in [0.25, 0.3) is 0 Å². The Morgan fingerprint density at radius 2 is 2.00 bits per heavy atom. The van der Waals surface area contributed by atoms with Crippen molar-refractivity contribution in [3.8, 4) is 11.3 Å². The molecule has 1 N–H and O–H groups in total. The molecule has 1 heterocycles. The third-order valence-corrected chi connectivity index (χ3v) is 3.69. The summed E-state index contributed by atoms with van der Waals surface area (Å²) in [5.74, 6) is 0. The van der Waals surface area contributed by atoms with Crippen LogP contribution in [0.5, 0.6) is 0 Å². The molecule has 0 atom stereocenters. The van der Waals surface area contributed by atoms with Gasteiger partial charge >= 0.3 is 0 Å². The zero-order chi connectivity index (χ0) is 11.7. The molecule has 84 valence electrons. The van der Waals surface area contributed by atoms with Crippen molar-refractivity contribution in [2.24, 2.45) is 0 Å². The second kappa shape index (κ2) is 4.90. The van der Waals surface area contributed by atoms with Crippen LogP contribution < -0.4 is 0 Å². The second-order valence-corrected chi connectivity index (χ2v) is 5.53. The van der Waals surface area contributed by atoms with Gasteiger partial charge in [-0.05, 0) is 18.2 Å². The van der Waals surface area contributed by atoms with Crippen LogP contribution in [0.2, 0.25) is 14.5 Å². The molecule has 0 radical (unpaired) electrons. The maximum Gasteiger partial charge on any atom is 0.184 e. The Morgan fingerprint density at radius 1 is 1.25 bits per heavy atom. The Kier molecular flexibility index (Phi) is 3.72. The van der Waals surface area contributed by atoms with E-state index in [9.17, 15) is 5.11 Å². The van der Waals surface area contributed by atoms with Gasteiger partial charge in [-0.2, -0.15) is 0 Å². The molecule has 0 bridgehead atoms. The van der Waals surface area contributed by atoms with Crippen LogP contribution in [0.1, 0.15) is 4.88 Å². The van der Waals surface area contributed by atoms with E-state index in [1.807, 2.05) is 0 Å². The summed E-state index contributed by atoms with van der Waals surface area (Å²) >= 11 is 18.9. The van der Waals surface area contributed by atoms with E-state index in [0.717, 1.165) is 5.56 Å². The van der Waals surface area contributed by atoms with E-state index in [1.54, 1.807) is 18.2 Å². The maximum absolute atomic E-state index is 9.18. The van der Waals surface area contributed by atoms with Gasteiger partial charge in [-0.25, -0.2) is 4.98 Å². The van der Waals surface area contributed by atoms with E-state index in [1.165, 1.54) is 11.3 Å². The molecule has 0 aliphatic heterocycles. The SMILES string of the molecule is OCc1sc(Cl)nc1-c1ccc(Cl)cc1Cl. The first-order valence-electron chi connectivity index (χ1n) is 4.33. The number of halogens is 3. The highest BCUT2D eigenvalue weighted by atomic mass is 35.5. The zero-order valence-corrected chi connectivity index (χ0v) is 11.0. The smallest absolute Gasteiger partial charge is 0.184 e. The van der Waals surface area contributed by atoms with Crippen molar-refractivity contribution >= 4 is 46.1 Å². The van der Waals surface area contributed by atoms with Crippen molar-refractivity contribution in [1.82, 2.24) is 4.98 Å². The molecule has 6 heteroatoms. The Labute approximate surface area is 111 Å². The van der Waals surface area contributed by atoms with Crippen LogP contribution in [-0.4, -0.2) is 10.1 Å². The number of aliphatic hydroxyl groups is 1. The number of hydrogen-bond donors (Lipinski definition) is 1. The molecule has 1 aromatic carbocycles. The van der Waals surface area contributed by atoms with Gasteiger partial charge in [0.1, 0.15) is 0 Å². The molecule has 0 aliphatic rings. The van der Waals surface area contributed by atoms with Crippen LogP contribution in [-0.2, 0) is 6.61 Å². The lowest BCUT2D eigenvalue weighted by molar-refractivity contribution is 0.286. The van der Waals surface area contributed by atoms with Crippen LogP contribution in [0.25, 0.3) is 11.3 Å². The zero-order valence-electron chi connectivity index (χ0n) is 7.88. The first-order chi connectivity index (χ1) is 7.61. The van der Waals surface area contributed by atoms with Gasteiger partial charge in [0.05, 0.1) is 22.2 Å². The maximum atomic E-state index is 9.18. The molecular formula is C10H6Cl3NOS. The molecule has 0 saturated heterocycles. The molecule has 0 amide bonds. The first-order valence-corrected chi connectivity index (χ1v) is 6.28. The standard InChI is InChI=1S/C10H6Cl3NOS/c11-5-1-2-6(7(12)3-5)9-8(4-15)16-10(13)14-9/h1-3,15H,4H2. The third-order valence-electron chi connectivity index (χ3n) is 2.00. The summed E-state index contributed by atoms with van der Waals surface area (Å²) in [5, 5.41) is 10.2. The highest BCUT2D eigenvalue weighted by molar-refractivity contribution is 7.16. The largest absolute Gasteiger partial charge is 0.391 e. The number of nitrogens with zero attached hydrogens (tertiary/aromatic N) is 1. The molecule has 0 unspecified atom stereocenters.